The van der Waals surface area contributed by atoms with Crippen LogP contribution in [0.1, 0.15) is 0 Å². The second-order valence-corrected chi connectivity index (χ2v) is 6.16. The van der Waals surface area contributed by atoms with Crippen LogP contribution in [0.2, 0.25) is 10.0 Å². The number of aromatic nitrogens is 2. The number of nitrogens with one attached hydrogen (secondary N) is 1. The van der Waals surface area contributed by atoms with Crippen molar-refractivity contribution in [1.82, 2.24) is 10.2 Å². The van der Waals surface area contributed by atoms with E-state index < -0.39 is 0 Å². The highest BCUT2D eigenvalue weighted by molar-refractivity contribution is 7.18. The van der Waals surface area contributed by atoms with E-state index in [9.17, 15) is 0 Å². The molecule has 0 atom stereocenters. The van der Waals surface area contributed by atoms with Crippen molar-refractivity contribution in [2.45, 2.75) is 0 Å². The van der Waals surface area contributed by atoms with Crippen molar-refractivity contribution in [3.8, 4) is 16.3 Å². The van der Waals surface area contributed by atoms with E-state index in [4.69, 9.17) is 27.9 Å². The van der Waals surface area contributed by atoms with Gasteiger partial charge in [0.15, 0.2) is 5.01 Å². The molecule has 0 spiro atoms. The van der Waals surface area contributed by atoms with Crippen LogP contribution in [0.5, 0.6) is 5.75 Å². The first kappa shape index (κ1) is 15.1. The molecule has 7 heteroatoms. The highest BCUT2D eigenvalue weighted by Crippen LogP contribution is 2.34. The van der Waals surface area contributed by atoms with Crippen molar-refractivity contribution in [2.75, 3.05) is 12.4 Å². The summed E-state index contributed by atoms with van der Waals surface area (Å²) in [4.78, 5) is 0. The maximum Gasteiger partial charge on any atom is 0.210 e. The van der Waals surface area contributed by atoms with Crippen molar-refractivity contribution in [3.63, 3.8) is 0 Å². The molecule has 1 N–H and O–H groups in total. The molecule has 0 aliphatic carbocycles. The van der Waals surface area contributed by atoms with Crippen LogP contribution in [0, 0.1) is 0 Å². The molecule has 0 saturated carbocycles. The Balaban J connectivity index is 1.86. The second kappa shape index (κ2) is 6.52. The van der Waals surface area contributed by atoms with Gasteiger partial charge in [0.1, 0.15) is 5.75 Å². The Morgan fingerprint density at radius 3 is 2.64 bits per heavy atom. The van der Waals surface area contributed by atoms with Crippen LogP contribution in [0.25, 0.3) is 10.6 Å². The number of anilines is 2. The van der Waals surface area contributed by atoms with Crippen molar-refractivity contribution in [3.05, 3.63) is 52.5 Å². The number of ether oxygens (including phenoxy) is 1. The molecule has 3 aromatic rings. The van der Waals surface area contributed by atoms with Gasteiger partial charge in [0.05, 0.1) is 22.7 Å². The van der Waals surface area contributed by atoms with Gasteiger partial charge in [0, 0.05) is 5.69 Å². The molecule has 0 bridgehead atoms. The summed E-state index contributed by atoms with van der Waals surface area (Å²) in [5, 5.41) is 13.9. The molecule has 4 nitrogen and oxygen atoms in total. The highest BCUT2D eigenvalue weighted by Gasteiger charge is 2.11. The standard InChI is InChI=1S/C15H11Cl2N3OS/c1-21-13-5-3-2-4-10(13)14-19-20-15(22-14)18-9-6-7-11(16)12(17)8-9/h2-8H,1H3,(H,18,20). The normalized spacial score (nSPS) is 10.5. The van der Waals surface area contributed by atoms with Gasteiger partial charge in [-0.15, -0.1) is 10.2 Å². The summed E-state index contributed by atoms with van der Waals surface area (Å²) in [5.41, 5.74) is 1.71. The number of halogens is 2. The molecule has 3 rings (SSSR count). The van der Waals surface area contributed by atoms with Crippen LogP contribution in [0.4, 0.5) is 10.8 Å². The quantitative estimate of drug-likeness (QED) is 0.695. The molecule has 0 aliphatic rings. The fraction of sp³-hybridized carbons (Fsp3) is 0.0667. The number of hydrogen-bond acceptors (Lipinski definition) is 5. The van der Waals surface area contributed by atoms with Gasteiger partial charge in [-0.25, -0.2) is 0 Å². The van der Waals surface area contributed by atoms with E-state index in [1.165, 1.54) is 11.3 Å². The summed E-state index contributed by atoms with van der Waals surface area (Å²) in [6, 6.07) is 13.0. The van der Waals surface area contributed by atoms with E-state index in [0.717, 1.165) is 22.0 Å². The first-order valence-electron chi connectivity index (χ1n) is 6.36. The third-order valence-electron chi connectivity index (χ3n) is 2.93. The molecule has 112 valence electrons. The van der Waals surface area contributed by atoms with Gasteiger partial charge in [0.25, 0.3) is 0 Å². The minimum Gasteiger partial charge on any atom is -0.496 e. The molecule has 0 aliphatic heterocycles. The highest BCUT2D eigenvalue weighted by atomic mass is 35.5. The Kier molecular flexibility index (Phi) is 4.47. The lowest BCUT2D eigenvalue weighted by Crippen LogP contribution is -1.89. The molecule has 0 saturated heterocycles. The van der Waals surface area contributed by atoms with E-state index >= 15 is 0 Å². The summed E-state index contributed by atoms with van der Waals surface area (Å²) >= 11 is 13.3. The zero-order chi connectivity index (χ0) is 15.5. The van der Waals surface area contributed by atoms with Crippen LogP contribution >= 0.6 is 34.5 Å². The Morgan fingerprint density at radius 1 is 1.05 bits per heavy atom. The summed E-state index contributed by atoms with van der Waals surface area (Å²) in [5.74, 6) is 0.764. The van der Waals surface area contributed by atoms with Crippen molar-refractivity contribution in [1.29, 1.82) is 0 Å². The van der Waals surface area contributed by atoms with E-state index in [2.05, 4.69) is 15.5 Å². The average molecular weight is 352 g/mol. The Morgan fingerprint density at radius 2 is 1.86 bits per heavy atom. The second-order valence-electron chi connectivity index (χ2n) is 4.37. The summed E-state index contributed by atoms with van der Waals surface area (Å²) < 4.78 is 5.34. The van der Waals surface area contributed by atoms with Crippen LogP contribution < -0.4 is 10.1 Å². The van der Waals surface area contributed by atoms with Gasteiger partial charge in [0.2, 0.25) is 5.13 Å². The maximum atomic E-state index is 6.00. The number of benzene rings is 2. The van der Waals surface area contributed by atoms with Gasteiger partial charge in [-0.3, -0.25) is 0 Å². The van der Waals surface area contributed by atoms with Gasteiger partial charge in [-0.2, -0.15) is 0 Å². The van der Waals surface area contributed by atoms with Gasteiger partial charge in [-0.05, 0) is 30.3 Å². The smallest absolute Gasteiger partial charge is 0.210 e. The molecule has 0 radical (unpaired) electrons. The first-order valence-corrected chi connectivity index (χ1v) is 7.93. The molecule has 0 unspecified atom stereocenters. The van der Waals surface area contributed by atoms with Gasteiger partial charge >= 0.3 is 0 Å². The van der Waals surface area contributed by atoms with Crippen LogP contribution in [-0.2, 0) is 0 Å². The van der Waals surface area contributed by atoms with Gasteiger partial charge in [-0.1, -0.05) is 46.7 Å². The summed E-state index contributed by atoms with van der Waals surface area (Å²) in [6.07, 6.45) is 0. The molecule has 22 heavy (non-hydrogen) atoms. The van der Waals surface area contributed by atoms with Crippen molar-refractivity contribution < 1.29 is 4.74 Å². The lowest BCUT2D eigenvalue weighted by atomic mass is 10.2. The zero-order valence-electron chi connectivity index (χ0n) is 11.5. The SMILES string of the molecule is COc1ccccc1-c1nnc(Nc2ccc(Cl)c(Cl)c2)s1. The largest absolute Gasteiger partial charge is 0.496 e. The third-order valence-corrected chi connectivity index (χ3v) is 4.54. The average Bonchev–Trinajstić information content (AvgIpc) is 2.99. The molecule has 2 aromatic carbocycles. The topological polar surface area (TPSA) is 47.0 Å². The molecular weight excluding hydrogens is 341 g/mol. The van der Waals surface area contributed by atoms with E-state index in [1.54, 1.807) is 19.2 Å². The molecular formula is C15H11Cl2N3OS. The predicted octanol–water partition coefficient (Wildman–Crippen LogP) is 5.26. The van der Waals surface area contributed by atoms with E-state index in [-0.39, 0.29) is 0 Å². The minimum atomic E-state index is 0.487. The fourth-order valence-corrected chi connectivity index (χ4v) is 2.99. The fourth-order valence-electron chi connectivity index (χ4n) is 1.90. The van der Waals surface area contributed by atoms with Crippen LogP contribution in [0.15, 0.2) is 42.5 Å². The monoisotopic (exact) mass is 351 g/mol. The summed E-state index contributed by atoms with van der Waals surface area (Å²) in [7, 11) is 1.63. The molecule has 1 aromatic heterocycles. The maximum absolute atomic E-state index is 6.00. The number of nitrogens with zero attached hydrogens (tertiary/aromatic N) is 2. The van der Waals surface area contributed by atoms with Crippen LogP contribution in [-0.4, -0.2) is 17.3 Å². The lowest BCUT2D eigenvalue weighted by molar-refractivity contribution is 0.416. The predicted molar refractivity (Wildman–Crippen MR) is 91.6 cm³/mol. The number of rotatable bonds is 4. The minimum absolute atomic E-state index is 0.487. The van der Waals surface area contributed by atoms with Crippen molar-refractivity contribution in [2.24, 2.45) is 0 Å². The van der Waals surface area contributed by atoms with Crippen LogP contribution in [0.3, 0.4) is 0 Å². The molecule has 1 heterocycles. The van der Waals surface area contributed by atoms with Crippen molar-refractivity contribution >= 4 is 45.4 Å². The zero-order valence-corrected chi connectivity index (χ0v) is 13.8. The third kappa shape index (κ3) is 3.16. The number of para-hydroxylation sites is 1. The van der Waals surface area contributed by atoms with E-state index in [0.29, 0.717) is 15.2 Å². The Bertz CT molecular complexity index is 807. The Labute approximate surface area is 141 Å². The number of hydrogen-bond donors (Lipinski definition) is 1. The van der Waals surface area contributed by atoms with E-state index in [1.807, 2.05) is 30.3 Å². The molecule has 0 amide bonds. The number of methoxy groups -OCH3 is 1. The lowest BCUT2D eigenvalue weighted by Gasteiger charge is -2.04. The van der Waals surface area contributed by atoms with Gasteiger partial charge < -0.3 is 10.1 Å². The summed E-state index contributed by atoms with van der Waals surface area (Å²) in [6.45, 7) is 0. The molecule has 0 fully saturated rings. The Hall–Kier alpha value is -1.82. The first-order chi connectivity index (χ1) is 10.7.